The maximum absolute atomic E-state index is 12.4. The quantitative estimate of drug-likeness (QED) is 0.469. The summed E-state index contributed by atoms with van der Waals surface area (Å²) in [6, 6.07) is 19.0. The van der Waals surface area contributed by atoms with Crippen molar-refractivity contribution in [2.24, 2.45) is 0 Å². The van der Waals surface area contributed by atoms with Crippen LogP contribution in [0, 0.1) is 0 Å². The van der Waals surface area contributed by atoms with Crippen molar-refractivity contribution in [2.45, 2.75) is 31.7 Å². The lowest BCUT2D eigenvalue weighted by Crippen LogP contribution is -2.35. The van der Waals surface area contributed by atoms with Gasteiger partial charge in [-0.3, -0.25) is 19.9 Å². The van der Waals surface area contributed by atoms with Gasteiger partial charge in [-0.25, -0.2) is 4.79 Å². The first kappa shape index (κ1) is 23.0. The number of carboxylic acid groups (broad SMARTS) is 1. The lowest BCUT2D eigenvalue weighted by molar-refractivity contribution is -0.137. The van der Waals surface area contributed by atoms with Gasteiger partial charge in [-0.1, -0.05) is 48.5 Å². The van der Waals surface area contributed by atoms with Gasteiger partial charge in [0, 0.05) is 17.7 Å². The fourth-order valence-corrected chi connectivity index (χ4v) is 4.16. The Morgan fingerprint density at radius 2 is 1.65 bits per heavy atom. The van der Waals surface area contributed by atoms with Crippen molar-refractivity contribution in [3.8, 4) is 11.1 Å². The van der Waals surface area contributed by atoms with E-state index in [1.54, 1.807) is 19.1 Å². The Balaban J connectivity index is 1.30. The molecule has 3 aromatic rings. The predicted molar refractivity (Wildman–Crippen MR) is 126 cm³/mol. The van der Waals surface area contributed by atoms with Gasteiger partial charge in [-0.2, -0.15) is 0 Å². The summed E-state index contributed by atoms with van der Waals surface area (Å²) >= 11 is 0. The second kappa shape index (κ2) is 10.2. The number of carbonyl (C=O) groups excluding carboxylic acids is 2. The van der Waals surface area contributed by atoms with E-state index in [1.165, 1.54) is 6.20 Å². The lowest BCUT2D eigenvalue weighted by Gasteiger charge is -2.14. The van der Waals surface area contributed by atoms with Crippen LogP contribution in [0.15, 0.2) is 66.9 Å². The summed E-state index contributed by atoms with van der Waals surface area (Å²) in [5.41, 5.74) is 5.54. The van der Waals surface area contributed by atoms with Gasteiger partial charge in [0.2, 0.25) is 5.91 Å². The molecule has 1 aliphatic rings. The predicted octanol–water partition coefficient (Wildman–Crippen LogP) is 3.96. The van der Waals surface area contributed by atoms with E-state index in [2.05, 4.69) is 39.9 Å². The highest BCUT2D eigenvalue weighted by atomic mass is 16.5. The van der Waals surface area contributed by atoms with E-state index in [0.717, 1.165) is 22.3 Å². The molecule has 1 aromatic heterocycles. The van der Waals surface area contributed by atoms with Crippen molar-refractivity contribution in [2.75, 3.05) is 11.9 Å². The number of benzene rings is 2. The molecule has 8 nitrogen and oxygen atoms in total. The van der Waals surface area contributed by atoms with Crippen LogP contribution >= 0.6 is 0 Å². The van der Waals surface area contributed by atoms with E-state index in [1.807, 2.05) is 24.3 Å². The van der Waals surface area contributed by atoms with Gasteiger partial charge in [0.05, 0.1) is 24.7 Å². The molecule has 0 fully saturated rings. The minimum absolute atomic E-state index is 0.00911. The van der Waals surface area contributed by atoms with Gasteiger partial charge in [0.25, 0.3) is 0 Å². The largest absolute Gasteiger partial charge is 0.481 e. The monoisotopic (exact) mass is 459 g/mol. The number of ether oxygens (including phenoxy) is 1. The van der Waals surface area contributed by atoms with E-state index in [4.69, 9.17) is 9.84 Å². The van der Waals surface area contributed by atoms with Crippen molar-refractivity contribution in [3.05, 3.63) is 83.7 Å². The van der Waals surface area contributed by atoms with Crippen molar-refractivity contribution >= 4 is 23.7 Å². The zero-order valence-electron chi connectivity index (χ0n) is 18.7. The van der Waals surface area contributed by atoms with Crippen LogP contribution in [0.5, 0.6) is 0 Å². The second-order valence-corrected chi connectivity index (χ2v) is 8.23. The molecular formula is C26H25N3O5. The van der Waals surface area contributed by atoms with Gasteiger partial charge in [-0.15, -0.1) is 0 Å². The number of rotatable bonds is 8. The molecule has 34 heavy (non-hydrogen) atoms. The molecule has 0 aliphatic heterocycles. The number of hydrogen-bond acceptors (Lipinski definition) is 5. The zero-order chi connectivity index (χ0) is 24.1. The number of anilines is 1. The number of carbonyl (C=O) groups is 3. The molecule has 2 aromatic carbocycles. The molecular weight excluding hydrogens is 434 g/mol. The third-order valence-electron chi connectivity index (χ3n) is 5.64. The molecule has 0 spiro atoms. The Kier molecular flexibility index (Phi) is 6.87. The number of nitrogens with one attached hydrogen (secondary N) is 2. The van der Waals surface area contributed by atoms with Crippen molar-refractivity contribution in [1.82, 2.24) is 10.3 Å². The average molecular weight is 460 g/mol. The number of pyridine rings is 1. The first-order chi connectivity index (χ1) is 16.4. The summed E-state index contributed by atoms with van der Waals surface area (Å²) < 4.78 is 5.52. The summed E-state index contributed by atoms with van der Waals surface area (Å²) in [6.45, 7) is 1.83. The van der Waals surface area contributed by atoms with Gasteiger partial charge in [0.15, 0.2) is 0 Å². The van der Waals surface area contributed by atoms with E-state index in [-0.39, 0.29) is 31.3 Å². The molecule has 4 rings (SSSR count). The number of nitrogens with zero attached hydrogens (tertiary/aromatic N) is 1. The molecule has 1 aliphatic carbocycles. The van der Waals surface area contributed by atoms with Crippen molar-refractivity contribution in [1.29, 1.82) is 0 Å². The summed E-state index contributed by atoms with van der Waals surface area (Å²) in [5, 5.41) is 14.0. The van der Waals surface area contributed by atoms with Gasteiger partial charge in [0.1, 0.15) is 6.61 Å². The smallest absolute Gasteiger partial charge is 0.411 e. The second-order valence-electron chi connectivity index (χ2n) is 8.23. The number of aromatic nitrogens is 1. The topological polar surface area (TPSA) is 118 Å². The third kappa shape index (κ3) is 5.40. The standard InChI is InChI=1S/C26H25N3O5/c1-16(12-25(31)32)28-24(30)13-17-10-11-18(14-27-17)29-26(33)34-15-23-21-8-4-2-6-19(21)20-7-3-5-9-22(20)23/h2-11,14,16,23H,12-13,15H2,1H3,(H,28,30)(H,29,33)(H,31,32). The SMILES string of the molecule is CC(CC(=O)O)NC(=O)Cc1ccc(NC(=O)OCC2c3ccccc3-c3ccccc32)cn1. The minimum atomic E-state index is -0.977. The highest BCUT2D eigenvalue weighted by molar-refractivity contribution is 5.85. The van der Waals surface area contributed by atoms with Gasteiger partial charge in [-0.05, 0) is 41.3 Å². The van der Waals surface area contributed by atoms with Crippen LogP contribution in [-0.4, -0.2) is 40.7 Å². The van der Waals surface area contributed by atoms with Crippen LogP contribution in [0.2, 0.25) is 0 Å². The normalized spacial score (nSPS) is 12.9. The number of fused-ring (bicyclic) bond motifs is 3. The molecule has 0 saturated carbocycles. The maximum atomic E-state index is 12.4. The van der Waals surface area contributed by atoms with Crippen LogP contribution in [0.25, 0.3) is 11.1 Å². The molecule has 0 radical (unpaired) electrons. The molecule has 2 amide bonds. The maximum Gasteiger partial charge on any atom is 0.411 e. The molecule has 1 unspecified atom stereocenters. The summed E-state index contributed by atoms with van der Waals surface area (Å²) in [5.74, 6) is -1.33. The van der Waals surface area contributed by atoms with E-state index in [9.17, 15) is 14.4 Å². The number of carboxylic acids is 1. The fourth-order valence-electron chi connectivity index (χ4n) is 4.16. The summed E-state index contributed by atoms with van der Waals surface area (Å²) in [6.07, 6.45) is 0.721. The molecule has 174 valence electrons. The molecule has 1 heterocycles. The average Bonchev–Trinajstić information content (AvgIpc) is 3.12. The Hall–Kier alpha value is -4.20. The van der Waals surface area contributed by atoms with Gasteiger partial charge < -0.3 is 15.2 Å². The molecule has 8 heteroatoms. The Labute approximate surface area is 197 Å². The molecule has 0 saturated heterocycles. The lowest BCUT2D eigenvalue weighted by atomic mass is 9.98. The first-order valence-corrected chi connectivity index (χ1v) is 11.0. The molecule has 0 bridgehead atoms. The zero-order valence-corrected chi connectivity index (χ0v) is 18.7. The summed E-state index contributed by atoms with van der Waals surface area (Å²) in [7, 11) is 0. The van der Waals surface area contributed by atoms with Crippen LogP contribution in [-0.2, 0) is 20.7 Å². The van der Waals surface area contributed by atoms with E-state index >= 15 is 0 Å². The van der Waals surface area contributed by atoms with E-state index < -0.39 is 18.1 Å². The van der Waals surface area contributed by atoms with Gasteiger partial charge >= 0.3 is 12.1 Å². The highest BCUT2D eigenvalue weighted by Crippen LogP contribution is 2.44. The minimum Gasteiger partial charge on any atom is -0.481 e. The molecule has 1 atom stereocenters. The van der Waals surface area contributed by atoms with Crippen molar-refractivity contribution < 1.29 is 24.2 Å². The van der Waals surface area contributed by atoms with E-state index in [0.29, 0.717) is 11.4 Å². The Bertz CT molecular complexity index is 1160. The number of hydrogen-bond donors (Lipinski definition) is 3. The Morgan fingerprint density at radius 1 is 1.00 bits per heavy atom. The van der Waals surface area contributed by atoms with Crippen molar-refractivity contribution in [3.63, 3.8) is 0 Å². The third-order valence-corrected chi connectivity index (χ3v) is 5.64. The first-order valence-electron chi connectivity index (χ1n) is 11.0. The summed E-state index contributed by atoms with van der Waals surface area (Å²) in [4.78, 5) is 39.3. The van der Waals surface area contributed by atoms with Crippen LogP contribution in [0.1, 0.15) is 36.1 Å². The number of aliphatic carboxylic acids is 1. The molecule has 3 N–H and O–H groups in total. The Morgan fingerprint density at radius 3 is 2.24 bits per heavy atom. The van der Waals surface area contributed by atoms with Crippen LogP contribution in [0.4, 0.5) is 10.5 Å². The highest BCUT2D eigenvalue weighted by Gasteiger charge is 2.29. The number of amides is 2. The van der Waals surface area contributed by atoms with Crippen LogP contribution in [0.3, 0.4) is 0 Å². The fraction of sp³-hybridized carbons (Fsp3) is 0.231. The van der Waals surface area contributed by atoms with Crippen LogP contribution < -0.4 is 10.6 Å².